The number of aromatic nitrogens is 1. The Labute approximate surface area is 215 Å². The van der Waals surface area contributed by atoms with Crippen LogP contribution >= 0.6 is 0 Å². The fourth-order valence-electron chi connectivity index (χ4n) is 4.34. The van der Waals surface area contributed by atoms with Crippen molar-refractivity contribution in [3.05, 3.63) is 107 Å². The van der Waals surface area contributed by atoms with Crippen LogP contribution in [0.5, 0.6) is 0 Å². The average molecular weight is 490 g/mol. The van der Waals surface area contributed by atoms with Gasteiger partial charge in [-0.1, -0.05) is 48.5 Å². The Balaban J connectivity index is 1.36. The number of amides is 3. The van der Waals surface area contributed by atoms with Crippen LogP contribution in [0.3, 0.4) is 0 Å². The molecular formula is C30H27N5O2. The number of fused-ring (bicyclic) bond motifs is 1. The molecule has 0 unspecified atom stereocenters. The lowest BCUT2D eigenvalue weighted by atomic mass is 9.99. The largest absolute Gasteiger partial charge is 0.334 e. The Hall–Kier alpha value is -4.78. The minimum atomic E-state index is -0.327. The predicted molar refractivity (Wildman–Crippen MR) is 147 cm³/mol. The summed E-state index contributed by atoms with van der Waals surface area (Å²) in [6.45, 7) is 4.37. The fourth-order valence-corrected chi connectivity index (χ4v) is 4.34. The molecule has 7 nitrogen and oxygen atoms in total. The summed E-state index contributed by atoms with van der Waals surface area (Å²) in [5.74, 6) is -0.163. The highest BCUT2D eigenvalue weighted by atomic mass is 16.2. The van der Waals surface area contributed by atoms with Crippen molar-refractivity contribution in [2.75, 3.05) is 10.6 Å². The summed E-state index contributed by atoms with van der Waals surface area (Å²) in [5.41, 5.74) is 8.36. The Kier molecular flexibility index (Phi) is 6.76. The molecule has 184 valence electrons. The van der Waals surface area contributed by atoms with Crippen LogP contribution in [-0.4, -0.2) is 22.6 Å². The van der Waals surface area contributed by atoms with Crippen molar-refractivity contribution in [3.63, 3.8) is 0 Å². The van der Waals surface area contributed by atoms with Gasteiger partial charge >= 0.3 is 6.03 Å². The van der Waals surface area contributed by atoms with E-state index in [-0.39, 0.29) is 18.4 Å². The molecule has 0 saturated carbocycles. The molecular weight excluding hydrogens is 462 g/mol. The number of anilines is 2. The van der Waals surface area contributed by atoms with E-state index in [9.17, 15) is 9.59 Å². The third kappa shape index (κ3) is 5.90. The zero-order chi connectivity index (χ0) is 25.8. The highest BCUT2D eigenvalue weighted by Crippen LogP contribution is 2.32. The van der Waals surface area contributed by atoms with E-state index in [2.05, 4.69) is 27.0 Å². The average Bonchev–Trinajstić information content (AvgIpc) is 3.05. The van der Waals surface area contributed by atoms with Crippen molar-refractivity contribution in [1.29, 1.82) is 0 Å². The van der Waals surface area contributed by atoms with E-state index in [1.165, 1.54) is 0 Å². The number of aryl methyl sites for hydroxylation is 2. The quantitative estimate of drug-likeness (QED) is 0.314. The molecule has 0 aliphatic carbocycles. The lowest BCUT2D eigenvalue weighted by molar-refractivity contribution is -0.115. The number of carbonyl (C=O) groups is 2. The topological polar surface area (TPSA) is 95.5 Å². The first-order valence-corrected chi connectivity index (χ1v) is 12.1. The molecule has 4 aromatic rings. The minimum Gasteiger partial charge on any atom is -0.334 e. The maximum Gasteiger partial charge on any atom is 0.319 e. The van der Waals surface area contributed by atoms with Crippen molar-refractivity contribution < 1.29 is 9.59 Å². The molecule has 0 atom stereocenters. The van der Waals surface area contributed by atoms with Gasteiger partial charge < -0.3 is 16.0 Å². The minimum absolute atomic E-state index is 0.146. The van der Waals surface area contributed by atoms with Crippen LogP contribution in [0.25, 0.3) is 11.1 Å². The van der Waals surface area contributed by atoms with Crippen LogP contribution in [0.15, 0.2) is 89.9 Å². The number of hydrogen-bond acceptors (Lipinski definition) is 4. The predicted octanol–water partition coefficient (Wildman–Crippen LogP) is 6.15. The van der Waals surface area contributed by atoms with Crippen LogP contribution in [0.1, 0.15) is 28.9 Å². The monoisotopic (exact) mass is 489 g/mol. The van der Waals surface area contributed by atoms with Gasteiger partial charge in [0.05, 0.1) is 23.5 Å². The zero-order valence-corrected chi connectivity index (χ0v) is 20.7. The molecule has 0 bridgehead atoms. The Morgan fingerprint density at radius 2 is 1.62 bits per heavy atom. The molecule has 2 heterocycles. The van der Waals surface area contributed by atoms with Gasteiger partial charge in [0.2, 0.25) is 5.91 Å². The molecule has 0 saturated heterocycles. The SMILES string of the molecule is Cc1cc(-c2cccc(C3=Nc4ccc(NC(=O)NCc5ccccc5)cc4NC(=O)C3)c2)cc(C)n1. The summed E-state index contributed by atoms with van der Waals surface area (Å²) in [4.78, 5) is 34.4. The number of hydrogen-bond donors (Lipinski definition) is 3. The Morgan fingerprint density at radius 3 is 2.41 bits per heavy atom. The number of pyridine rings is 1. The lowest BCUT2D eigenvalue weighted by Crippen LogP contribution is -2.28. The van der Waals surface area contributed by atoms with Gasteiger partial charge in [-0.25, -0.2) is 4.79 Å². The molecule has 1 aromatic heterocycles. The molecule has 37 heavy (non-hydrogen) atoms. The molecule has 3 N–H and O–H groups in total. The van der Waals surface area contributed by atoms with Gasteiger partial charge in [-0.15, -0.1) is 0 Å². The van der Waals surface area contributed by atoms with Crippen LogP contribution in [-0.2, 0) is 11.3 Å². The van der Waals surface area contributed by atoms with E-state index < -0.39 is 0 Å². The van der Waals surface area contributed by atoms with E-state index in [0.717, 1.165) is 33.6 Å². The first-order chi connectivity index (χ1) is 17.9. The van der Waals surface area contributed by atoms with Crippen molar-refractivity contribution in [3.8, 4) is 11.1 Å². The lowest BCUT2D eigenvalue weighted by Gasteiger charge is -2.10. The normalized spacial score (nSPS) is 12.6. The summed E-state index contributed by atoms with van der Waals surface area (Å²) in [6.07, 6.45) is 0.146. The van der Waals surface area contributed by atoms with Gasteiger partial charge in [0, 0.05) is 23.6 Å². The smallest absolute Gasteiger partial charge is 0.319 e. The van der Waals surface area contributed by atoms with Crippen molar-refractivity contribution in [2.45, 2.75) is 26.8 Å². The number of benzene rings is 3. The molecule has 7 heteroatoms. The molecule has 1 aliphatic heterocycles. The van der Waals surface area contributed by atoms with Crippen molar-refractivity contribution >= 4 is 34.7 Å². The summed E-state index contributed by atoms with van der Waals surface area (Å²) in [6, 6.07) is 26.8. The molecule has 5 rings (SSSR count). The number of urea groups is 1. The van der Waals surface area contributed by atoms with Gasteiger partial charge in [0.25, 0.3) is 0 Å². The summed E-state index contributed by atoms with van der Waals surface area (Å²) in [5, 5.41) is 8.58. The van der Waals surface area contributed by atoms with Crippen LogP contribution in [0.4, 0.5) is 21.9 Å². The highest BCUT2D eigenvalue weighted by Gasteiger charge is 2.18. The van der Waals surface area contributed by atoms with Crippen molar-refractivity contribution in [1.82, 2.24) is 10.3 Å². The molecule has 3 amide bonds. The van der Waals surface area contributed by atoms with Gasteiger partial charge in [0.15, 0.2) is 0 Å². The van der Waals surface area contributed by atoms with E-state index in [4.69, 9.17) is 4.99 Å². The maximum absolute atomic E-state index is 12.8. The number of carbonyl (C=O) groups excluding carboxylic acids is 2. The van der Waals surface area contributed by atoms with E-state index >= 15 is 0 Å². The third-order valence-electron chi connectivity index (χ3n) is 6.02. The Bertz CT molecular complexity index is 1490. The molecule has 0 radical (unpaired) electrons. The summed E-state index contributed by atoms with van der Waals surface area (Å²) >= 11 is 0. The second kappa shape index (κ2) is 10.5. The molecule has 1 aliphatic rings. The van der Waals surface area contributed by atoms with Gasteiger partial charge in [-0.05, 0) is 72.5 Å². The summed E-state index contributed by atoms with van der Waals surface area (Å²) in [7, 11) is 0. The second-order valence-electron chi connectivity index (χ2n) is 9.03. The number of rotatable bonds is 5. The first-order valence-electron chi connectivity index (χ1n) is 12.1. The molecule has 3 aromatic carbocycles. The van der Waals surface area contributed by atoms with Gasteiger partial charge in [-0.2, -0.15) is 0 Å². The highest BCUT2D eigenvalue weighted by molar-refractivity contribution is 6.17. The van der Waals surface area contributed by atoms with Crippen molar-refractivity contribution in [2.24, 2.45) is 4.99 Å². The maximum atomic E-state index is 12.8. The first kappa shape index (κ1) is 23.9. The van der Waals surface area contributed by atoms with Gasteiger partial charge in [-0.3, -0.25) is 14.8 Å². The van der Waals surface area contributed by atoms with E-state index in [0.29, 0.717) is 29.3 Å². The standard InChI is InChI=1S/C30H27N5O2/c1-19-13-24(14-20(2)32-19)22-9-6-10-23(15-22)27-17-29(36)35-28-16-25(11-12-26(28)34-27)33-30(37)31-18-21-7-4-3-5-8-21/h3-16H,17-18H2,1-2H3,(H,35,36)(H2,31,33,37). The Morgan fingerprint density at radius 1 is 0.865 bits per heavy atom. The molecule has 0 spiro atoms. The number of nitrogens with zero attached hydrogens (tertiary/aromatic N) is 2. The number of nitrogens with one attached hydrogen (secondary N) is 3. The number of aliphatic imine (C=N–C) groups is 1. The van der Waals surface area contributed by atoms with E-state index in [1.54, 1.807) is 18.2 Å². The third-order valence-corrected chi connectivity index (χ3v) is 6.02. The van der Waals surface area contributed by atoms with Gasteiger partial charge in [0.1, 0.15) is 0 Å². The van der Waals surface area contributed by atoms with Crippen LogP contribution in [0, 0.1) is 13.8 Å². The van der Waals surface area contributed by atoms with Crippen LogP contribution < -0.4 is 16.0 Å². The fraction of sp³-hybridized carbons (Fsp3) is 0.133. The molecule has 0 fully saturated rings. The van der Waals surface area contributed by atoms with Crippen LogP contribution in [0.2, 0.25) is 0 Å². The second-order valence-corrected chi connectivity index (χ2v) is 9.03. The zero-order valence-electron chi connectivity index (χ0n) is 20.7. The summed E-state index contributed by atoms with van der Waals surface area (Å²) < 4.78 is 0. The van der Waals surface area contributed by atoms with E-state index in [1.807, 2.05) is 74.5 Å².